The molecule has 0 fully saturated rings. The van der Waals surface area contributed by atoms with Crippen LogP contribution in [-0.2, 0) is 0 Å². The van der Waals surface area contributed by atoms with Crippen molar-refractivity contribution < 1.29 is 0 Å². The lowest BCUT2D eigenvalue weighted by atomic mass is 9.90. The van der Waals surface area contributed by atoms with Crippen molar-refractivity contribution in [2.24, 2.45) is 5.73 Å². The molecule has 0 heterocycles. The number of hydrogen-bond donors (Lipinski definition) is 2. The Labute approximate surface area is 150 Å². The summed E-state index contributed by atoms with van der Waals surface area (Å²) < 4.78 is 0. The SMILES string of the molecule is C[C@@]1(N(/C=C/c2cccc(N)c2)C(N)c2ccccc2)C=CC=CC1. The molecule has 2 atom stereocenters. The topological polar surface area (TPSA) is 55.3 Å². The molecule has 0 spiro atoms. The molecule has 3 rings (SSSR count). The Morgan fingerprint density at radius 1 is 1.08 bits per heavy atom. The van der Waals surface area contributed by atoms with E-state index in [2.05, 4.69) is 60.5 Å². The van der Waals surface area contributed by atoms with E-state index >= 15 is 0 Å². The molecule has 0 radical (unpaired) electrons. The molecule has 3 nitrogen and oxygen atoms in total. The van der Waals surface area contributed by atoms with E-state index in [4.69, 9.17) is 11.5 Å². The molecule has 25 heavy (non-hydrogen) atoms. The van der Waals surface area contributed by atoms with Crippen LogP contribution in [0.15, 0.2) is 85.1 Å². The lowest BCUT2D eigenvalue weighted by Crippen LogP contribution is -2.46. The number of nitrogens with two attached hydrogens (primary N) is 2. The maximum Gasteiger partial charge on any atom is 0.103 e. The summed E-state index contributed by atoms with van der Waals surface area (Å²) in [6.45, 7) is 2.21. The van der Waals surface area contributed by atoms with E-state index in [0.717, 1.165) is 23.2 Å². The zero-order valence-electron chi connectivity index (χ0n) is 14.5. The van der Waals surface area contributed by atoms with Gasteiger partial charge in [-0.3, -0.25) is 0 Å². The molecular formula is C22H25N3. The van der Waals surface area contributed by atoms with Crippen molar-refractivity contribution in [3.63, 3.8) is 0 Å². The van der Waals surface area contributed by atoms with E-state index in [1.807, 2.05) is 42.5 Å². The molecule has 0 amide bonds. The number of allylic oxidation sites excluding steroid dienone is 2. The molecule has 0 bridgehead atoms. The Bertz CT molecular complexity index is 792. The van der Waals surface area contributed by atoms with E-state index in [1.54, 1.807) is 0 Å². The van der Waals surface area contributed by atoms with Gasteiger partial charge in [0.15, 0.2) is 0 Å². The molecule has 1 aliphatic carbocycles. The molecule has 4 N–H and O–H groups in total. The lowest BCUT2D eigenvalue weighted by Gasteiger charge is -2.43. The van der Waals surface area contributed by atoms with Gasteiger partial charge < -0.3 is 16.4 Å². The first-order valence-corrected chi connectivity index (χ1v) is 8.56. The van der Waals surface area contributed by atoms with Crippen LogP contribution in [0.3, 0.4) is 0 Å². The molecule has 128 valence electrons. The van der Waals surface area contributed by atoms with Gasteiger partial charge in [-0.05, 0) is 42.7 Å². The summed E-state index contributed by atoms with van der Waals surface area (Å²) in [5, 5.41) is 0. The number of nitrogens with zero attached hydrogens (tertiary/aromatic N) is 1. The Morgan fingerprint density at radius 2 is 1.88 bits per heavy atom. The van der Waals surface area contributed by atoms with E-state index in [9.17, 15) is 0 Å². The molecule has 1 aliphatic rings. The van der Waals surface area contributed by atoms with Gasteiger partial charge in [0.1, 0.15) is 6.17 Å². The van der Waals surface area contributed by atoms with Crippen LogP contribution < -0.4 is 11.5 Å². The number of benzene rings is 2. The van der Waals surface area contributed by atoms with E-state index in [-0.39, 0.29) is 11.7 Å². The standard InChI is InChI=1S/C22H25N3/c1-22(14-6-3-7-15-22)25(21(24)19-10-4-2-5-11-19)16-13-18-9-8-12-20(23)17-18/h2-14,16-17,21H,15,23-24H2,1H3/b16-13+/t21?,22-/m1/s1. The number of anilines is 1. The van der Waals surface area contributed by atoms with Crippen LogP contribution in [-0.4, -0.2) is 10.4 Å². The maximum atomic E-state index is 6.64. The fourth-order valence-corrected chi connectivity index (χ4v) is 3.13. The van der Waals surface area contributed by atoms with Crippen LogP contribution in [0.2, 0.25) is 0 Å². The second-order valence-corrected chi connectivity index (χ2v) is 6.60. The number of rotatable bonds is 5. The van der Waals surface area contributed by atoms with Gasteiger partial charge in [-0.2, -0.15) is 0 Å². The fourth-order valence-electron chi connectivity index (χ4n) is 3.13. The van der Waals surface area contributed by atoms with Crippen LogP contribution in [0.4, 0.5) is 5.69 Å². The largest absolute Gasteiger partial charge is 0.399 e. The third-order valence-electron chi connectivity index (χ3n) is 4.60. The van der Waals surface area contributed by atoms with Gasteiger partial charge in [0.05, 0.1) is 5.54 Å². The van der Waals surface area contributed by atoms with Gasteiger partial charge in [-0.15, -0.1) is 0 Å². The van der Waals surface area contributed by atoms with Crippen LogP contribution in [0, 0.1) is 0 Å². The van der Waals surface area contributed by atoms with Crippen molar-refractivity contribution in [3.8, 4) is 0 Å². The lowest BCUT2D eigenvalue weighted by molar-refractivity contribution is 0.159. The zero-order chi connectivity index (χ0) is 17.7. The second-order valence-electron chi connectivity index (χ2n) is 6.60. The van der Waals surface area contributed by atoms with E-state index in [1.165, 1.54) is 0 Å². The predicted octanol–water partition coefficient (Wildman–Crippen LogP) is 4.47. The smallest absolute Gasteiger partial charge is 0.103 e. The monoisotopic (exact) mass is 331 g/mol. The second kappa shape index (κ2) is 7.41. The van der Waals surface area contributed by atoms with Crippen molar-refractivity contribution in [2.75, 3.05) is 5.73 Å². The van der Waals surface area contributed by atoms with Gasteiger partial charge in [0, 0.05) is 11.9 Å². The molecule has 0 saturated carbocycles. The summed E-state index contributed by atoms with van der Waals surface area (Å²) in [6, 6.07) is 18.0. The molecule has 2 aromatic rings. The minimum atomic E-state index is -0.236. The van der Waals surface area contributed by atoms with Crippen molar-refractivity contribution >= 4 is 11.8 Å². The van der Waals surface area contributed by atoms with Crippen molar-refractivity contribution in [1.82, 2.24) is 4.90 Å². The quantitative estimate of drug-likeness (QED) is 0.627. The van der Waals surface area contributed by atoms with Crippen LogP contribution in [0.5, 0.6) is 0 Å². The molecule has 3 heteroatoms. The summed E-state index contributed by atoms with van der Waals surface area (Å²) in [6.07, 6.45) is 13.4. The Morgan fingerprint density at radius 3 is 2.56 bits per heavy atom. The van der Waals surface area contributed by atoms with Gasteiger partial charge in [0.2, 0.25) is 0 Å². The Balaban J connectivity index is 1.94. The highest BCUT2D eigenvalue weighted by Crippen LogP contribution is 2.32. The summed E-state index contributed by atoms with van der Waals surface area (Å²) in [5.74, 6) is 0. The van der Waals surface area contributed by atoms with Crippen LogP contribution >= 0.6 is 0 Å². The summed E-state index contributed by atoms with van der Waals surface area (Å²) in [4.78, 5) is 2.21. The summed E-state index contributed by atoms with van der Waals surface area (Å²) >= 11 is 0. The highest BCUT2D eigenvalue weighted by molar-refractivity contribution is 5.55. The van der Waals surface area contributed by atoms with Gasteiger partial charge >= 0.3 is 0 Å². The molecule has 2 aromatic carbocycles. The van der Waals surface area contributed by atoms with E-state index < -0.39 is 0 Å². The fraction of sp³-hybridized carbons (Fsp3) is 0.182. The third kappa shape index (κ3) is 4.01. The highest BCUT2D eigenvalue weighted by atomic mass is 15.3. The molecule has 0 aliphatic heterocycles. The third-order valence-corrected chi connectivity index (χ3v) is 4.60. The minimum absolute atomic E-state index is 0.180. The summed E-state index contributed by atoms with van der Waals surface area (Å²) in [5.41, 5.74) is 15.3. The molecule has 0 aromatic heterocycles. The first-order valence-electron chi connectivity index (χ1n) is 8.56. The Hall–Kier alpha value is -2.78. The number of hydrogen-bond acceptors (Lipinski definition) is 3. The minimum Gasteiger partial charge on any atom is -0.399 e. The van der Waals surface area contributed by atoms with E-state index in [0.29, 0.717) is 0 Å². The summed E-state index contributed by atoms with van der Waals surface area (Å²) in [7, 11) is 0. The maximum absolute atomic E-state index is 6.64. The first-order chi connectivity index (χ1) is 12.1. The van der Waals surface area contributed by atoms with Gasteiger partial charge in [-0.25, -0.2) is 0 Å². The zero-order valence-corrected chi connectivity index (χ0v) is 14.5. The van der Waals surface area contributed by atoms with Crippen LogP contribution in [0.25, 0.3) is 6.08 Å². The van der Waals surface area contributed by atoms with Gasteiger partial charge in [0.25, 0.3) is 0 Å². The van der Waals surface area contributed by atoms with Gasteiger partial charge in [-0.1, -0.05) is 66.8 Å². The average molecular weight is 331 g/mol. The number of nitrogen functional groups attached to an aromatic ring is 1. The normalized spacial score (nSPS) is 20.7. The first kappa shape index (κ1) is 17.1. The van der Waals surface area contributed by atoms with Crippen molar-refractivity contribution in [1.29, 1.82) is 0 Å². The van der Waals surface area contributed by atoms with Crippen molar-refractivity contribution in [3.05, 3.63) is 96.2 Å². The Kier molecular flexibility index (Phi) is 5.05. The highest BCUT2D eigenvalue weighted by Gasteiger charge is 2.31. The molecule has 1 unspecified atom stereocenters. The average Bonchev–Trinajstić information content (AvgIpc) is 2.63. The molecular weight excluding hydrogens is 306 g/mol. The van der Waals surface area contributed by atoms with Crippen LogP contribution in [0.1, 0.15) is 30.6 Å². The predicted molar refractivity (Wildman–Crippen MR) is 106 cm³/mol. The molecule has 0 saturated heterocycles. The van der Waals surface area contributed by atoms with Crippen molar-refractivity contribution in [2.45, 2.75) is 25.0 Å².